The predicted octanol–water partition coefficient (Wildman–Crippen LogP) is 2.08. The molecule has 15 heavy (non-hydrogen) atoms. The summed E-state index contributed by atoms with van der Waals surface area (Å²) < 4.78 is 2.43. The van der Waals surface area contributed by atoms with E-state index in [2.05, 4.69) is 21.1 Å². The van der Waals surface area contributed by atoms with E-state index in [1.807, 2.05) is 6.33 Å². The van der Waals surface area contributed by atoms with Crippen LogP contribution in [0.4, 0.5) is 0 Å². The summed E-state index contributed by atoms with van der Waals surface area (Å²) in [5.41, 5.74) is 1.48. The molecule has 1 N–H and O–H groups in total. The molecule has 2 aliphatic rings. The Labute approximate surface area is 90.9 Å². The van der Waals surface area contributed by atoms with Crippen LogP contribution in [0.3, 0.4) is 0 Å². The van der Waals surface area contributed by atoms with Gasteiger partial charge in [0.05, 0.1) is 6.33 Å². The smallest absolute Gasteiger partial charge is 0.0951 e. The molecule has 1 saturated carbocycles. The molecule has 0 radical (unpaired) electrons. The average molecular weight is 205 g/mol. The fourth-order valence-electron chi connectivity index (χ4n) is 2.55. The number of hydrogen-bond donors (Lipinski definition) is 1. The SMILES string of the molecule is c1ncn(C2CCCCNC2)c1C1CC1. The molecule has 3 rings (SSSR count). The van der Waals surface area contributed by atoms with Gasteiger partial charge in [-0.15, -0.1) is 0 Å². The molecular weight excluding hydrogens is 186 g/mol. The van der Waals surface area contributed by atoms with Gasteiger partial charge in [0.25, 0.3) is 0 Å². The molecule has 0 amide bonds. The zero-order valence-corrected chi connectivity index (χ0v) is 9.15. The molecular formula is C12H19N3. The molecule has 3 nitrogen and oxygen atoms in total. The lowest BCUT2D eigenvalue weighted by Crippen LogP contribution is -2.23. The maximum atomic E-state index is 4.32. The number of nitrogens with zero attached hydrogens (tertiary/aromatic N) is 2. The second kappa shape index (κ2) is 3.97. The van der Waals surface area contributed by atoms with E-state index in [-0.39, 0.29) is 0 Å². The van der Waals surface area contributed by atoms with Crippen LogP contribution < -0.4 is 5.32 Å². The fourth-order valence-corrected chi connectivity index (χ4v) is 2.55. The number of nitrogens with one attached hydrogen (secondary N) is 1. The second-order valence-electron chi connectivity index (χ2n) is 4.85. The molecule has 0 spiro atoms. The third-order valence-corrected chi connectivity index (χ3v) is 3.61. The molecule has 1 atom stereocenters. The van der Waals surface area contributed by atoms with E-state index < -0.39 is 0 Å². The molecule has 1 saturated heterocycles. The van der Waals surface area contributed by atoms with Gasteiger partial charge in [-0.1, -0.05) is 6.42 Å². The summed E-state index contributed by atoms with van der Waals surface area (Å²) in [5.74, 6) is 0.816. The van der Waals surface area contributed by atoms with Crippen molar-refractivity contribution < 1.29 is 0 Å². The lowest BCUT2D eigenvalue weighted by atomic mass is 10.1. The lowest BCUT2D eigenvalue weighted by Gasteiger charge is -2.18. The van der Waals surface area contributed by atoms with Crippen molar-refractivity contribution in [2.45, 2.75) is 44.1 Å². The van der Waals surface area contributed by atoms with E-state index >= 15 is 0 Å². The molecule has 82 valence electrons. The Morgan fingerprint density at radius 2 is 2.20 bits per heavy atom. The van der Waals surface area contributed by atoms with Crippen LogP contribution in [0.5, 0.6) is 0 Å². The normalized spacial score (nSPS) is 27.6. The third-order valence-electron chi connectivity index (χ3n) is 3.61. The maximum absolute atomic E-state index is 4.32. The number of rotatable bonds is 2. The van der Waals surface area contributed by atoms with Crippen LogP contribution in [0.25, 0.3) is 0 Å². The van der Waals surface area contributed by atoms with Crippen LogP contribution in [0.15, 0.2) is 12.5 Å². The number of imidazole rings is 1. The van der Waals surface area contributed by atoms with Crippen LogP contribution in [0.2, 0.25) is 0 Å². The third kappa shape index (κ3) is 1.93. The first kappa shape index (κ1) is 9.40. The van der Waals surface area contributed by atoms with Gasteiger partial charge in [-0.3, -0.25) is 0 Å². The van der Waals surface area contributed by atoms with E-state index in [1.54, 1.807) is 0 Å². The molecule has 1 unspecified atom stereocenters. The Bertz CT molecular complexity index is 319. The topological polar surface area (TPSA) is 29.9 Å². The quantitative estimate of drug-likeness (QED) is 0.801. The molecule has 2 heterocycles. The largest absolute Gasteiger partial charge is 0.330 e. The average Bonchev–Trinajstić information content (AvgIpc) is 3.04. The van der Waals surface area contributed by atoms with Gasteiger partial charge < -0.3 is 9.88 Å². The van der Waals surface area contributed by atoms with Crippen LogP contribution in [0, 0.1) is 0 Å². The summed E-state index contributed by atoms with van der Waals surface area (Å²) >= 11 is 0. The van der Waals surface area contributed by atoms with Crippen molar-refractivity contribution in [1.82, 2.24) is 14.9 Å². The van der Waals surface area contributed by atoms with Crippen molar-refractivity contribution >= 4 is 0 Å². The minimum atomic E-state index is 0.644. The van der Waals surface area contributed by atoms with Crippen LogP contribution in [0.1, 0.15) is 49.8 Å². The molecule has 1 aromatic heterocycles. The summed E-state index contributed by atoms with van der Waals surface area (Å²) in [7, 11) is 0. The highest BCUT2D eigenvalue weighted by Gasteiger charge is 2.28. The first-order valence-electron chi connectivity index (χ1n) is 6.17. The zero-order valence-electron chi connectivity index (χ0n) is 9.15. The van der Waals surface area contributed by atoms with Crippen LogP contribution >= 0.6 is 0 Å². The molecule has 2 fully saturated rings. The summed E-state index contributed by atoms with van der Waals surface area (Å²) in [6, 6.07) is 0.644. The van der Waals surface area contributed by atoms with E-state index in [0.29, 0.717) is 6.04 Å². The van der Waals surface area contributed by atoms with E-state index in [9.17, 15) is 0 Å². The highest BCUT2D eigenvalue weighted by Crippen LogP contribution is 2.41. The van der Waals surface area contributed by atoms with E-state index in [4.69, 9.17) is 0 Å². The standard InChI is InChI=1S/C12H19N3/c1-2-6-13-7-11(3-1)15-9-14-8-12(15)10-4-5-10/h8-11,13H,1-7H2. The number of hydrogen-bond acceptors (Lipinski definition) is 2. The predicted molar refractivity (Wildman–Crippen MR) is 60.0 cm³/mol. The summed E-state index contributed by atoms with van der Waals surface area (Å²) in [4.78, 5) is 4.32. The Hall–Kier alpha value is -0.830. The lowest BCUT2D eigenvalue weighted by molar-refractivity contribution is 0.449. The van der Waals surface area contributed by atoms with Crippen molar-refractivity contribution in [3.05, 3.63) is 18.2 Å². The summed E-state index contributed by atoms with van der Waals surface area (Å²) in [6.45, 7) is 2.31. The Morgan fingerprint density at radius 3 is 3.07 bits per heavy atom. The molecule has 0 bridgehead atoms. The Kier molecular flexibility index (Phi) is 2.49. The van der Waals surface area contributed by atoms with Crippen LogP contribution in [-0.4, -0.2) is 22.6 Å². The van der Waals surface area contributed by atoms with E-state index in [1.165, 1.54) is 44.3 Å². The monoisotopic (exact) mass is 205 g/mol. The minimum absolute atomic E-state index is 0.644. The molecule has 3 heteroatoms. The van der Waals surface area contributed by atoms with E-state index in [0.717, 1.165) is 12.5 Å². The van der Waals surface area contributed by atoms with Gasteiger partial charge in [-0.25, -0.2) is 4.98 Å². The van der Waals surface area contributed by atoms with Crippen LogP contribution in [-0.2, 0) is 0 Å². The van der Waals surface area contributed by atoms with Gasteiger partial charge in [0.1, 0.15) is 0 Å². The van der Waals surface area contributed by atoms with Crippen molar-refractivity contribution in [2.24, 2.45) is 0 Å². The Balaban J connectivity index is 1.80. The fraction of sp³-hybridized carbons (Fsp3) is 0.750. The zero-order chi connectivity index (χ0) is 10.1. The van der Waals surface area contributed by atoms with Gasteiger partial charge in [0.15, 0.2) is 0 Å². The summed E-state index contributed by atoms with van der Waals surface area (Å²) in [6.07, 6.45) is 10.8. The Morgan fingerprint density at radius 1 is 1.27 bits per heavy atom. The number of aromatic nitrogens is 2. The van der Waals surface area contributed by atoms with Crippen molar-refractivity contribution in [2.75, 3.05) is 13.1 Å². The minimum Gasteiger partial charge on any atom is -0.330 e. The first-order valence-corrected chi connectivity index (χ1v) is 6.17. The highest BCUT2D eigenvalue weighted by molar-refractivity contribution is 5.13. The van der Waals surface area contributed by atoms with Crippen molar-refractivity contribution in [3.63, 3.8) is 0 Å². The van der Waals surface area contributed by atoms with Crippen molar-refractivity contribution in [1.29, 1.82) is 0 Å². The highest BCUT2D eigenvalue weighted by atomic mass is 15.1. The van der Waals surface area contributed by atoms with Gasteiger partial charge in [0, 0.05) is 30.4 Å². The van der Waals surface area contributed by atoms with Gasteiger partial charge >= 0.3 is 0 Å². The van der Waals surface area contributed by atoms with Gasteiger partial charge in [0.2, 0.25) is 0 Å². The molecule has 1 aliphatic carbocycles. The summed E-state index contributed by atoms with van der Waals surface area (Å²) in [5, 5.41) is 3.52. The molecule has 0 aromatic carbocycles. The molecule has 1 aliphatic heterocycles. The molecule has 1 aromatic rings. The maximum Gasteiger partial charge on any atom is 0.0951 e. The first-order chi connectivity index (χ1) is 7.45. The van der Waals surface area contributed by atoms with Crippen molar-refractivity contribution in [3.8, 4) is 0 Å². The van der Waals surface area contributed by atoms with Gasteiger partial charge in [-0.05, 0) is 32.2 Å². The van der Waals surface area contributed by atoms with Gasteiger partial charge in [-0.2, -0.15) is 0 Å². The second-order valence-corrected chi connectivity index (χ2v) is 4.85.